The van der Waals surface area contributed by atoms with E-state index in [1.165, 1.54) is 0 Å². The van der Waals surface area contributed by atoms with Crippen LogP contribution in [0.3, 0.4) is 0 Å². The highest BCUT2D eigenvalue weighted by Gasteiger charge is 2.63. The molecule has 0 aromatic rings. The van der Waals surface area contributed by atoms with E-state index in [0.29, 0.717) is 12.5 Å². The summed E-state index contributed by atoms with van der Waals surface area (Å²) >= 11 is 0. The Labute approximate surface area is 89.4 Å². The van der Waals surface area contributed by atoms with E-state index < -0.39 is 12.6 Å². The highest BCUT2D eigenvalue weighted by molar-refractivity contribution is 5.12. The molecule has 1 nitrogen and oxygen atoms in total. The maximum absolute atomic E-state index is 11.9. The van der Waals surface area contributed by atoms with Gasteiger partial charge in [-0.2, -0.15) is 13.2 Å². The minimum Gasteiger partial charge on any atom is -0.316 e. The lowest BCUT2D eigenvalue weighted by Gasteiger charge is -2.08. The molecule has 1 N–H and O–H groups in total. The van der Waals surface area contributed by atoms with Gasteiger partial charge >= 0.3 is 6.18 Å². The Morgan fingerprint density at radius 3 is 1.87 bits per heavy atom. The van der Waals surface area contributed by atoms with Crippen LogP contribution in [0.15, 0.2) is 0 Å². The van der Waals surface area contributed by atoms with Gasteiger partial charge in [-0.25, -0.2) is 0 Å². The first kappa shape index (κ1) is 12.8. The normalized spacial score (nSPS) is 24.2. The number of rotatable bonds is 4. The van der Waals surface area contributed by atoms with Crippen LogP contribution in [0.1, 0.15) is 34.1 Å². The van der Waals surface area contributed by atoms with Crippen LogP contribution in [0.4, 0.5) is 13.2 Å². The third-order valence-corrected chi connectivity index (χ3v) is 4.25. The van der Waals surface area contributed by atoms with E-state index in [2.05, 4.69) is 33.0 Å². The van der Waals surface area contributed by atoms with Crippen molar-refractivity contribution < 1.29 is 13.2 Å². The molecule has 15 heavy (non-hydrogen) atoms. The van der Waals surface area contributed by atoms with Crippen molar-refractivity contribution in [3.63, 3.8) is 0 Å². The molecule has 90 valence electrons. The summed E-state index contributed by atoms with van der Waals surface area (Å²) in [6.07, 6.45) is -4.78. The van der Waals surface area contributed by atoms with Crippen molar-refractivity contribution in [3.8, 4) is 0 Å². The standard InChI is InChI=1S/C11H20F3N/c1-9(2)8(10(9,3)4)7-15-6-5-11(12,13)14/h8,15H,5-7H2,1-4H3. The molecular weight excluding hydrogens is 203 g/mol. The molecule has 0 saturated heterocycles. The van der Waals surface area contributed by atoms with E-state index in [4.69, 9.17) is 0 Å². The minimum atomic E-state index is -4.04. The molecule has 1 fully saturated rings. The molecule has 1 aliphatic carbocycles. The SMILES string of the molecule is CC1(C)C(CNCCC(F)(F)F)C1(C)C. The highest BCUT2D eigenvalue weighted by atomic mass is 19.4. The van der Waals surface area contributed by atoms with Gasteiger partial charge in [-0.1, -0.05) is 27.7 Å². The molecule has 0 bridgehead atoms. The Hall–Kier alpha value is -0.250. The first-order chi connectivity index (χ1) is 6.59. The van der Waals surface area contributed by atoms with E-state index in [1.807, 2.05) is 0 Å². The van der Waals surface area contributed by atoms with Crippen LogP contribution in [-0.4, -0.2) is 19.3 Å². The number of hydrogen-bond acceptors (Lipinski definition) is 1. The Bertz CT molecular complexity index is 216. The quantitative estimate of drug-likeness (QED) is 0.722. The second-order valence-corrected chi connectivity index (χ2v) is 5.57. The summed E-state index contributed by atoms with van der Waals surface area (Å²) in [6.45, 7) is 9.40. The molecule has 0 aromatic heterocycles. The molecule has 1 aliphatic rings. The second-order valence-electron chi connectivity index (χ2n) is 5.57. The predicted octanol–water partition coefficient (Wildman–Crippen LogP) is 3.21. The molecular formula is C11H20F3N. The number of halogens is 3. The van der Waals surface area contributed by atoms with Gasteiger partial charge in [0, 0.05) is 6.54 Å². The Morgan fingerprint density at radius 1 is 1.07 bits per heavy atom. The summed E-state index contributed by atoms with van der Waals surface area (Å²) in [5, 5.41) is 2.90. The molecule has 0 aromatic carbocycles. The maximum Gasteiger partial charge on any atom is 0.390 e. The van der Waals surface area contributed by atoms with Crippen LogP contribution < -0.4 is 5.32 Å². The maximum atomic E-state index is 11.9. The molecule has 0 unspecified atom stereocenters. The van der Waals surface area contributed by atoms with Crippen molar-refractivity contribution in [3.05, 3.63) is 0 Å². The number of hydrogen-bond donors (Lipinski definition) is 1. The van der Waals surface area contributed by atoms with Crippen LogP contribution in [0.2, 0.25) is 0 Å². The minimum absolute atomic E-state index is 0.0339. The molecule has 0 spiro atoms. The highest BCUT2D eigenvalue weighted by Crippen LogP contribution is 2.67. The van der Waals surface area contributed by atoms with E-state index in [-0.39, 0.29) is 17.4 Å². The van der Waals surface area contributed by atoms with Crippen LogP contribution in [-0.2, 0) is 0 Å². The Kier molecular flexibility index (Phi) is 3.12. The molecule has 0 aliphatic heterocycles. The summed E-state index contributed by atoms with van der Waals surface area (Å²) in [5.41, 5.74) is 0.496. The summed E-state index contributed by atoms with van der Waals surface area (Å²) < 4.78 is 35.6. The fourth-order valence-electron chi connectivity index (χ4n) is 2.32. The van der Waals surface area contributed by atoms with E-state index >= 15 is 0 Å². The van der Waals surface area contributed by atoms with Crippen LogP contribution in [0.25, 0.3) is 0 Å². The largest absolute Gasteiger partial charge is 0.390 e. The molecule has 1 rings (SSSR count). The third kappa shape index (κ3) is 2.65. The third-order valence-electron chi connectivity index (χ3n) is 4.25. The predicted molar refractivity (Wildman–Crippen MR) is 54.6 cm³/mol. The van der Waals surface area contributed by atoms with E-state index in [1.54, 1.807) is 0 Å². The smallest absolute Gasteiger partial charge is 0.316 e. The van der Waals surface area contributed by atoms with Crippen molar-refractivity contribution in [1.82, 2.24) is 5.32 Å². The Morgan fingerprint density at radius 2 is 1.53 bits per heavy atom. The lowest BCUT2D eigenvalue weighted by molar-refractivity contribution is -0.133. The van der Waals surface area contributed by atoms with Gasteiger partial charge in [0.2, 0.25) is 0 Å². The summed E-state index contributed by atoms with van der Waals surface area (Å²) in [4.78, 5) is 0. The van der Waals surface area contributed by atoms with Crippen LogP contribution in [0, 0.1) is 16.7 Å². The number of nitrogens with one attached hydrogen (secondary N) is 1. The zero-order chi connectivity index (χ0) is 11.9. The van der Waals surface area contributed by atoms with Gasteiger partial charge in [-0.3, -0.25) is 0 Å². The molecule has 0 radical (unpaired) electrons. The van der Waals surface area contributed by atoms with Crippen molar-refractivity contribution in [1.29, 1.82) is 0 Å². The second kappa shape index (κ2) is 3.65. The van der Waals surface area contributed by atoms with Gasteiger partial charge in [0.1, 0.15) is 0 Å². The van der Waals surface area contributed by atoms with Crippen molar-refractivity contribution >= 4 is 0 Å². The van der Waals surface area contributed by atoms with Gasteiger partial charge in [0.25, 0.3) is 0 Å². The topological polar surface area (TPSA) is 12.0 Å². The fraction of sp³-hybridized carbons (Fsp3) is 1.00. The molecule has 0 atom stereocenters. The van der Waals surface area contributed by atoms with Gasteiger partial charge in [0.15, 0.2) is 0 Å². The van der Waals surface area contributed by atoms with Gasteiger partial charge in [-0.05, 0) is 23.3 Å². The molecule has 1 saturated carbocycles. The molecule has 0 amide bonds. The summed E-state index contributed by atoms with van der Waals surface area (Å²) in [5.74, 6) is 0.484. The van der Waals surface area contributed by atoms with E-state index in [0.717, 1.165) is 0 Å². The van der Waals surface area contributed by atoms with Crippen molar-refractivity contribution in [2.75, 3.05) is 13.1 Å². The summed E-state index contributed by atoms with van der Waals surface area (Å²) in [7, 11) is 0. The fourth-order valence-corrected chi connectivity index (χ4v) is 2.32. The van der Waals surface area contributed by atoms with Crippen LogP contribution >= 0.6 is 0 Å². The first-order valence-corrected chi connectivity index (χ1v) is 5.36. The average Bonchev–Trinajstić information content (AvgIpc) is 2.36. The van der Waals surface area contributed by atoms with Gasteiger partial charge < -0.3 is 5.32 Å². The lowest BCUT2D eigenvalue weighted by Crippen LogP contribution is -2.24. The molecule has 0 heterocycles. The van der Waals surface area contributed by atoms with Crippen molar-refractivity contribution in [2.45, 2.75) is 40.3 Å². The van der Waals surface area contributed by atoms with Gasteiger partial charge in [0.05, 0.1) is 6.42 Å². The monoisotopic (exact) mass is 223 g/mol. The zero-order valence-electron chi connectivity index (χ0n) is 9.83. The van der Waals surface area contributed by atoms with Crippen LogP contribution in [0.5, 0.6) is 0 Å². The molecule has 4 heteroatoms. The van der Waals surface area contributed by atoms with E-state index in [9.17, 15) is 13.2 Å². The average molecular weight is 223 g/mol. The van der Waals surface area contributed by atoms with Gasteiger partial charge in [-0.15, -0.1) is 0 Å². The first-order valence-electron chi connectivity index (χ1n) is 5.36. The lowest BCUT2D eigenvalue weighted by atomic mass is 10.0. The summed E-state index contributed by atoms with van der Waals surface area (Å²) in [6, 6.07) is 0. The number of alkyl halides is 3. The Balaban J connectivity index is 2.19. The zero-order valence-corrected chi connectivity index (χ0v) is 9.83. The van der Waals surface area contributed by atoms with Crippen molar-refractivity contribution in [2.24, 2.45) is 16.7 Å².